The Morgan fingerprint density at radius 3 is 2.23 bits per heavy atom. The fourth-order valence-corrected chi connectivity index (χ4v) is 8.87. The van der Waals surface area contributed by atoms with Crippen LogP contribution in [0.3, 0.4) is 0 Å². The molecule has 0 saturated heterocycles. The lowest BCUT2D eigenvalue weighted by atomic mass is 9.75. The van der Waals surface area contributed by atoms with Crippen LogP contribution in [0.4, 0.5) is 0 Å². The van der Waals surface area contributed by atoms with E-state index in [4.69, 9.17) is 9.16 Å². The second kappa shape index (κ2) is 9.18. The number of fused-ring (bicyclic) bond motifs is 1. The quantitative estimate of drug-likeness (QED) is 0.444. The molecular formula is C28H36O2Si. The van der Waals surface area contributed by atoms with E-state index in [0.29, 0.717) is 17.9 Å². The van der Waals surface area contributed by atoms with Crippen LogP contribution in [0.15, 0.2) is 66.7 Å². The number of ether oxygens (including phenoxy) is 1. The smallest absolute Gasteiger partial charge is 0.253 e. The van der Waals surface area contributed by atoms with Gasteiger partial charge in [0.1, 0.15) is 5.75 Å². The van der Waals surface area contributed by atoms with E-state index in [1.54, 1.807) is 7.11 Å². The van der Waals surface area contributed by atoms with Gasteiger partial charge in [0.05, 0.1) is 7.11 Å². The van der Waals surface area contributed by atoms with E-state index in [2.05, 4.69) is 94.0 Å². The third-order valence-corrected chi connectivity index (χ3v) is 11.0. The van der Waals surface area contributed by atoms with Crippen LogP contribution in [0.5, 0.6) is 5.75 Å². The monoisotopic (exact) mass is 432 g/mol. The fourth-order valence-electron chi connectivity index (χ4n) is 5.46. The van der Waals surface area contributed by atoms with Gasteiger partial charge in [-0.25, -0.2) is 0 Å². The Kier molecular flexibility index (Phi) is 6.54. The minimum absolute atomic E-state index is 0.307. The summed E-state index contributed by atoms with van der Waals surface area (Å²) in [5.74, 6) is 2.91. The molecule has 3 heteroatoms. The summed E-state index contributed by atoms with van der Waals surface area (Å²) in [7, 11) is -0.710. The molecule has 1 aliphatic rings. The highest BCUT2D eigenvalue weighted by atomic mass is 28.4. The van der Waals surface area contributed by atoms with Crippen LogP contribution in [0.2, 0.25) is 6.55 Å². The molecule has 4 rings (SSSR count). The van der Waals surface area contributed by atoms with E-state index >= 15 is 0 Å². The van der Waals surface area contributed by atoms with Crippen molar-refractivity contribution in [2.45, 2.75) is 52.7 Å². The highest BCUT2D eigenvalue weighted by molar-refractivity contribution is 6.98. The van der Waals surface area contributed by atoms with Crippen molar-refractivity contribution in [3.63, 3.8) is 0 Å². The summed E-state index contributed by atoms with van der Waals surface area (Å²) in [6, 6.07) is 23.9. The molecule has 0 unspecified atom stereocenters. The Hall–Kier alpha value is -2.10. The lowest BCUT2D eigenvalue weighted by Gasteiger charge is -2.42. The zero-order valence-corrected chi connectivity index (χ0v) is 20.6. The Morgan fingerprint density at radius 2 is 1.55 bits per heavy atom. The van der Waals surface area contributed by atoms with Crippen LogP contribution in [0, 0.1) is 17.8 Å². The summed E-state index contributed by atoms with van der Waals surface area (Å²) in [6.07, 6.45) is 4.05. The molecule has 3 aromatic rings. The van der Waals surface area contributed by atoms with Crippen molar-refractivity contribution in [3.8, 4) is 5.75 Å². The lowest BCUT2D eigenvalue weighted by molar-refractivity contribution is 0.0431. The third-order valence-electron chi connectivity index (χ3n) is 7.29. The van der Waals surface area contributed by atoms with Crippen molar-refractivity contribution in [2.75, 3.05) is 7.11 Å². The van der Waals surface area contributed by atoms with Gasteiger partial charge in [-0.2, -0.15) is 0 Å². The van der Waals surface area contributed by atoms with E-state index in [0.717, 1.165) is 23.5 Å². The molecule has 0 aromatic heterocycles. The van der Waals surface area contributed by atoms with E-state index < -0.39 is 8.32 Å². The molecule has 4 atom stereocenters. The SMILES string of the molecule is COc1ccc([Si@@](C)(O[C@@H]2C[C@H](C)CC[C@H]2C(C)C)c2ccccc2)c2ccccc12. The van der Waals surface area contributed by atoms with Gasteiger partial charge in [-0.3, -0.25) is 0 Å². The summed E-state index contributed by atoms with van der Waals surface area (Å²) in [6.45, 7) is 9.51. The highest BCUT2D eigenvalue weighted by Gasteiger charge is 2.42. The average Bonchev–Trinajstić information content (AvgIpc) is 2.78. The summed E-state index contributed by atoms with van der Waals surface area (Å²) < 4.78 is 13.1. The van der Waals surface area contributed by atoms with E-state index in [-0.39, 0.29) is 0 Å². The molecule has 0 amide bonds. The van der Waals surface area contributed by atoms with Crippen LogP contribution >= 0.6 is 0 Å². The maximum absolute atomic E-state index is 7.38. The fraction of sp³-hybridized carbons (Fsp3) is 0.429. The second-order valence-electron chi connectivity index (χ2n) is 9.74. The normalized spacial score (nSPS) is 23.6. The third kappa shape index (κ3) is 4.31. The highest BCUT2D eigenvalue weighted by Crippen LogP contribution is 2.37. The molecule has 3 aromatic carbocycles. The first-order valence-electron chi connectivity index (χ1n) is 11.7. The van der Waals surface area contributed by atoms with Crippen molar-refractivity contribution in [1.29, 1.82) is 0 Å². The molecule has 0 heterocycles. The minimum Gasteiger partial charge on any atom is -0.496 e. The standard InChI is InChI=1S/C28H36O2Si/c1-20(2)23-16-15-21(3)19-27(23)30-31(5,22-11-7-6-8-12-22)28-18-17-26(29-4)24-13-9-10-14-25(24)28/h6-14,17-18,20-21,23,27H,15-16,19H2,1-5H3/t21-,23+,27-,31+/m1/s1. The van der Waals surface area contributed by atoms with E-state index in [1.807, 2.05) is 0 Å². The number of methoxy groups -OCH3 is 1. The van der Waals surface area contributed by atoms with Gasteiger partial charge in [-0.05, 0) is 59.0 Å². The molecule has 2 nitrogen and oxygen atoms in total. The predicted molar refractivity (Wildman–Crippen MR) is 134 cm³/mol. The molecule has 1 saturated carbocycles. The molecular weight excluding hydrogens is 396 g/mol. The number of benzene rings is 3. The molecule has 164 valence electrons. The first kappa shape index (κ1) is 22.1. The van der Waals surface area contributed by atoms with E-state index in [9.17, 15) is 0 Å². The number of hydrogen-bond acceptors (Lipinski definition) is 2. The van der Waals surface area contributed by atoms with Gasteiger partial charge >= 0.3 is 0 Å². The van der Waals surface area contributed by atoms with Gasteiger partial charge in [0, 0.05) is 11.5 Å². The molecule has 0 spiro atoms. The van der Waals surface area contributed by atoms with Gasteiger partial charge in [-0.15, -0.1) is 0 Å². The van der Waals surface area contributed by atoms with Crippen LogP contribution < -0.4 is 15.1 Å². The van der Waals surface area contributed by atoms with E-state index in [1.165, 1.54) is 28.6 Å². The molecule has 0 radical (unpaired) electrons. The predicted octanol–water partition coefficient (Wildman–Crippen LogP) is 6.02. The van der Waals surface area contributed by atoms with Crippen molar-refractivity contribution in [3.05, 3.63) is 66.7 Å². The summed E-state index contributed by atoms with van der Waals surface area (Å²) in [4.78, 5) is 0. The summed E-state index contributed by atoms with van der Waals surface area (Å²) >= 11 is 0. The maximum atomic E-state index is 7.38. The van der Waals surface area contributed by atoms with Crippen LogP contribution in [-0.4, -0.2) is 21.5 Å². The van der Waals surface area contributed by atoms with Crippen molar-refractivity contribution >= 4 is 29.5 Å². The molecule has 1 aliphatic carbocycles. The van der Waals surface area contributed by atoms with Gasteiger partial charge in [0.25, 0.3) is 8.32 Å². The first-order chi connectivity index (χ1) is 14.9. The van der Waals surface area contributed by atoms with Crippen LogP contribution in [-0.2, 0) is 4.43 Å². The van der Waals surface area contributed by atoms with Gasteiger partial charge in [0.15, 0.2) is 0 Å². The number of rotatable bonds is 6. The van der Waals surface area contributed by atoms with Crippen molar-refractivity contribution < 1.29 is 9.16 Å². The zero-order valence-electron chi connectivity index (χ0n) is 19.6. The molecule has 31 heavy (non-hydrogen) atoms. The van der Waals surface area contributed by atoms with Crippen molar-refractivity contribution in [2.24, 2.45) is 17.8 Å². The molecule has 0 bridgehead atoms. The first-order valence-corrected chi connectivity index (χ1v) is 14.1. The van der Waals surface area contributed by atoms with Gasteiger partial charge < -0.3 is 9.16 Å². The Bertz CT molecular complexity index is 1020. The number of hydrogen-bond donors (Lipinski definition) is 0. The molecule has 0 N–H and O–H groups in total. The molecule has 0 aliphatic heterocycles. The van der Waals surface area contributed by atoms with Crippen molar-refractivity contribution in [1.82, 2.24) is 0 Å². The van der Waals surface area contributed by atoms with Gasteiger partial charge in [-0.1, -0.05) is 87.9 Å². The minimum atomic E-state index is -2.46. The summed E-state index contributed by atoms with van der Waals surface area (Å²) in [5, 5.41) is 5.10. The van der Waals surface area contributed by atoms with Gasteiger partial charge in [0.2, 0.25) is 0 Å². The Morgan fingerprint density at radius 1 is 0.871 bits per heavy atom. The summed E-state index contributed by atoms with van der Waals surface area (Å²) in [5.41, 5.74) is 0. The zero-order chi connectivity index (χ0) is 22.0. The maximum Gasteiger partial charge on any atom is 0.253 e. The largest absolute Gasteiger partial charge is 0.496 e. The molecule has 1 fully saturated rings. The lowest BCUT2D eigenvalue weighted by Crippen LogP contribution is -2.61. The van der Waals surface area contributed by atoms with Crippen LogP contribution in [0.25, 0.3) is 10.8 Å². The van der Waals surface area contributed by atoms with Crippen LogP contribution in [0.1, 0.15) is 40.0 Å². The average molecular weight is 433 g/mol. The second-order valence-corrected chi connectivity index (χ2v) is 13.2. The Balaban J connectivity index is 1.87. The Labute approximate surface area is 188 Å². The topological polar surface area (TPSA) is 18.5 Å².